The third-order valence-corrected chi connectivity index (χ3v) is 5.11. The number of carboxylic acids is 1. The second-order valence-corrected chi connectivity index (χ2v) is 6.45. The summed E-state index contributed by atoms with van der Waals surface area (Å²) in [5, 5.41) is 13.9. The zero-order chi connectivity index (χ0) is 14.8. The van der Waals surface area contributed by atoms with Gasteiger partial charge in [-0.2, -0.15) is 0 Å². The van der Waals surface area contributed by atoms with E-state index in [4.69, 9.17) is 0 Å². The second kappa shape index (κ2) is 5.67. The molecule has 2 N–H and O–H groups in total. The van der Waals surface area contributed by atoms with Gasteiger partial charge in [0, 0.05) is 9.40 Å². The monoisotopic (exact) mass is 317 g/mol. The highest BCUT2D eigenvalue weighted by molar-refractivity contribution is 7.27. The standard InChI is InChI=1S/C15H11NO3S2/c17-14(12-8-11-10(21-12)6-7-20-11)16-13(15(18)19)9-4-2-1-3-5-9/h1-8,13H,(H,16,17)(H,18,19). The van der Waals surface area contributed by atoms with Crippen molar-refractivity contribution >= 4 is 43.9 Å². The van der Waals surface area contributed by atoms with Crippen LogP contribution >= 0.6 is 22.7 Å². The highest BCUT2D eigenvalue weighted by atomic mass is 32.1. The Morgan fingerprint density at radius 2 is 1.86 bits per heavy atom. The molecule has 21 heavy (non-hydrogen) atoms. The molecule has 1 aromatic carbocycles. The van der Waals surface area contributed by atoms with Crippen LogP contribution in [-0.4, -0.2) is 17.0 Å². The largest absolute Gasteiger partial charge is 0.479 e. The first-order chi connectivity index (χ1) is 10.1. The number of amides is 1. The van der Waals surface area contributed by atoms with Crippen molar-refractivity contribution in [2.24, 2.45) is 0 Å². The number of nitrogens with one attached hydrogen (secondary N) is 1. The minimum atomic E-state index is -1.08. The molecule has 1 amide bonds. The fourth-order valence-corrected chi connectivity index (χ4v) is 4.02. The summed E-state index contributed by atoms with van der Waals surface area (Å²) in [7, 11) is 0. The fraction of sp³-hybridized carbons (Fsp3) is 0.0667. The maximum atomic E-state index is 12.2. The summed E-state index contributed by atoms with van der Waals surface area (Å²) >= 11 is 2.93. The van der Waals surface area contributed by atoms with Gasteiger partial charge in [0.15, 0.2) is 6.04 Å². The van der Waals surface area contributed by atoms with Gasteiger partial charge in [-0.1, -0.05) is 30.3 Å². The quantitative estimate of drug-likeness (QED) is 0.774. The molecule has 0 radical (unpaired) electrons. The van der Waals surface area contributed by atoms with Gasteiger partial charge in [0.1, 0.15) is 0 Å². The number of hydrogen-bond donors (Lipinski definition) is 2. The number of rotatable bonds is 4. The summed E-state index contributed by atoms with van der Waals surface area (Å²) in [6.07, 6.45) is 0. The maximum absolute atomic E-state index is 12.2. The molecule has 106 valence electrons. The number of benzene rings is 1. The molecule has 6 heteroatoms. The van der Waals surface area contributed by atoms with Crippen LogP contribution in [-0.2, 0) is 4.79 Å². The molecule has 0 aliphatic rings. The molecule has 0 spiro atoms. The SMILES string of the molecule is O=C(NC(C(=O)O)c1ccccc1)c1cc2sccc2s1. The van der Waals surface area contributed by atoms with Crippen molar-refractivity contribution in [2.75, 3.05) is 0 Å². The Balaban J connectivity index is 1.84. The van der Waals surface area contributed by atoms with Gasteiger partial charge in [-0.15, -0.1) is 22.7 Å². The van der Waals surface area contributed by atoms with E-state index in [2.05, 4.69) is 5.32 Å². The molecule has 0 saturated heterocycles. The summed E-state index contributed by atoms with van der Waals surface area (Å²) in [4.78, 5) is 24.1. The summed E-state index contributed by atoms with van der Waals surface area (Å²) in [5.74, 6) is -1.44. The summed E-state index contributed by atoms with van der Waals surface area (Å²) in [5.41, 5.74) is 0.553. The van der Waals surface area contributed by atoms with E-state index in [1.165, 1.54) is 11.3 Å². The molecule has 0 fully saturated rings. The Morgan fingerprint density at radius 3 is 2.52 bits per heavy atom. The lowest BCUT2D eigenvalue weighted by molar-refractivity contribution is -0.139. The molecule has 3 rings (SSSR count). The molecule has 0 aliphatic heterocycles. The molecule has 0 saturated carbocycles. The second-order valence-electron chi connectivity index (χ2n) is 4.42. The first kappa shape index (κ1) is 13.8. The summed E-state index contributed by atoms with van der Waals surface area (Å²) < 4.78 is 2.08. The summed E-state index contributed by atoms with van der Waals surface area (Å²) in [6.45, 7) is 0. The van der Waals surface area contributed by atoms with Crippen LogP contribution in [0.2, 0.25) is 0 Å². The predicted molar refractivity (Wildman–Crippen MR) is 84.0 cm³/mol. The zero-order valence-electron chi connectivity index (χ0n) is 10.8. The first-order valence-electron chi connectivity index (χ1n) is 6.21. The van der Waals surface area contributed by atoms with E-state index in [0.717, 1.165) is 9.40 Å². The van der Waals surface area contributed by atoms with Crippen molar-refractivity contribution < 1.29 is 14.7 Å². The van der Waals surface area contributed by atoms with Gasteiger partial charge < -0.3 is 10.4 Å². The molecular formula is C15H11NO3S2. The van der Waals surface area contributed by atoms with E-state index >= 15 is 0 Å². The van der Waals surface area contributed by atoms with Gasteiger partial charge in [-0.3, -0.25) is 4.79 Å². The van der Waals surface area contributed by atoms with E-state index in [-0.39, 0.29) is 5.91 Å². The van der Waals surface area contributed by atoms with Gasteiger partial charge >= 0.3 is 5.97 Å². The Bertz CT molecular complexity index is 763. The Labute approximate surface area is 128 Å². The third kappa shape index (κ3) is 2.81. The van der Waals surface area contributed by atoms with Gasteiger partial charge in [-0.05, 0) is 23.1 Å². The van der Waals surface area contributed by atoms with Crippen LogP contribution in [0.4, 0.5) is 0 Å². The number of carbonyl (C=O) groups excluding carboxylic acids is 1. The van der Waals surface area contributed by atoms with Crippen LogP contribution in [0.1, 0.15) is 21.3 Å². The zero-order valence-corrected chi connectivity index (χ0v) is 12.4. The van der Waals surface area contributed by atoms with Gasteiger partial charge in [-0.25, -0.2) is 4.79 Å². The van der Waals surface area contributed by atoms with Crippen LogP contribution in [0.3, 0.4) is 0 Å². The van der Waals surface area contributed by atoms with Crippen molar-refractivity contribution in [3.8, 4) is 0 Å². The van der Waals surface area contributed by atoms with Crippen LogP contribution in [0.5, 0.6) is 0 Å². The molecule has 0 aliphatic carbocycles. The maximum Gasteiger partial charge on any atom is 0.330 e. The molecule has 0 bridgehead atoms. The van der Waals surface area contributed by atoms with Crippen LogP contribution in [0, 0.1) is 0 Å². The fourth-order valence-electron chi connectivity index (χ4n) is 2.01. The van der Waals surface area contributed by atoms with E-state index < -0.39 is 12.0 Å². The molecular weight excluding hydrogens is 306 g/mol. The van der Waals surface area contributed by atoms with Crippen LogP contribution in [0.15, 0.2) is 47.8 Å². The van der Waals surface area contributed by atoms with Crippen molar-refractivity contribution in [2.45, 2.75) is 6.04 Å². The molecule has 4 nitrogen and oxygen atoms in total. The minimum Gasteiger partial charge on any atom is -0.479 e. The normalized spacial score (nSPS) is 12.2. The number of carboxylic acid groups (broad SMARTS) is 1. The number of hydrogen-bond acceptors (Lipinski definition) is 4. The number of fused-ring (bicyclic) bond motifs is 1. The number of aliphatic carboxylic acids is 1. The first-order valence-corrected chi connectivity index (χ1v) is 7.90. The third-order valence-electron chi connectivity index (χ3n) is 3.02. The Hall–Kier alpha value is -2.18. The van der Waals surface area contributed by atoms with Crippen molar-refractivity contribution in [3.63, 3.8) is 0 Å². The van der Waals surface area contributed by atoms with E-state index in [1.807, 2.05) is 11.4 Å². The van der Waals surface area contributed by atoms with Crippen molar-refractivity contribution in [1.82, 2.24) is 5.32 Å². The highest BCUT2D eigenvalue weighted by Gasteiger charge is 2.23. The van der Waals surface area contributed by atoms with Gasteiger partial charge in [0.2, 0.25) is 0 Å². The minimum absolute atomic E-state index is 0.361. The Kier molecular flexibility index (Phi) is 3.72. The molecule has 1 unspecified atom stereocenters. The average Bonchev–Trinajstić information content (AvgIpc) is 3.06. The molecule has 1 atom stereocenters. The van der Waals surface area contributed by atoms with Crippen LogP contribution in [0.25, 0.3) is 9.40 Å². The lowest BCUT2D eigenvalue weighted by atomic mass is 10.1. The number of thiophene rings is 2. The smallest absolute Gasteiger partial charge is 0.330 e. The number of carbonyl (C=O) groups is 2. The molecule has 2 heterocycles. The highest BCUT2D eigenvalue weighted by Crippen LogP contribution is 2.30. The van der Waals surface area contributed by atoms with Crippen molar-refractivity contribution in [1.29, 1.82) is 0 Å². The van der Waals surface area contributed by atoms with Gasteiger partial charge in [0.25, 0.3) is 5.91 Å². The topological polar surface area (TPSA) is 66.4 Å². The average molecular weight is 317 g/mol. The van der Waals surface area contributed by atoms with Crippen LogP contribution < -0.4 is 5.32 Å². The van der Waals surface area contributed by atoms with Gasteiger partial charge in [0.05, 0.1) is 4.88 Å². The predicted octanol–water partition coefficient (Wildman–Crippen LogP) is 3.52. The van der Waals surface area contributed by atoms with Crippen molar-refractivity contribution in [3.05, 3.63) is 58.3 Å². The lowest BCUT2D eigenvalue weighted by Gasteiger charge is -2.14. The summed E-state index contributed by atoms with van der Waals surface area (Å²) in [6, 6.07) is 11.4. The lowest BCUT2D eigenvalue weighted by Crippen LogP contribution is -2.33. The molecule has 2 aromatic heterocycles. The molecule has 3 aromatic rings. The van der Waals surface area contributed by atoms with E-state index in [1.54, 1.807) is 47.7 Å². The van der Waals surface area contributed by atoms with E-state index in [0.29, 0.717) is 10.4 Å². The van der Waals surface area contributed by atoms with E-state index in [9.17, 15) is 14.7 Å². The Morgan fingerprint density at radius 1 is 1.10 bits per heavy atom.